The molecular weight excluding hydrogens is 383 g/mol. The standard InChI is InChI=1S/C22H40Cl2O3/c23-17-13-9-5-1-3-7-11-15-19-25-21-27-22-26-20-16-12-8-4-2-6-10-14-18-24/h3-4,7-8H,1-2,5-6,9-22H2. The van der Waals surface area contributed by atoms with E-state index in [1.54, 1.807) is 0 Å². The van der Waals surface area contributed by atoms with Gasteiger partial charge in [0, 0.05) is 25.0 Å². The van der Waals surface area contributed by atoms with Crippen molar-refractivity contribution >= 4 is 23.2 Å². The molecule has 0 amide bonds. The van der Waals surface area contributed by atoms with Crippen LogP contribution in [0.25, 0.3) is 0 Å². The molecule has 0 radical (unpaired) electrons. The van der Waals surface area contributed by atoms with E-state index in [9.17, 15) is 0 Å². The Balaban J connectivity index is 3.08. The van der Waals surface area contributed by atoms with E-state index in [1.807, 2.05) is 0 Å². The number of hydrogen-bond donors (Lipinski definition) is 0. The minimum Gasteiger partial charge on any atom is -0.355 e. The SMILES string of the molecule is ClCCCCCC=CCCCOCOCOCCCC=CCCCCCCl. The minimum atomic E-state index is 0.310. The number of hydrogen-bond acceptors (Lipinski definition) is 3. The van der Waals surface area contributed by atoms with Gasteiger partial charge in [-0.2, -0.15) is 0 Å². The Hall–Kier alpha value is -0.0600. The topological polar surface area (TPSA) is 27.7 Å². The second kappa shape index (κ2) is 25.9. The van der Waals surface area contributed by atoms with Crippen LogP contribution in [-0.4, -0.2) is 38.6 Å². The normalized spacial score (nSPS) is 11.9. The van der Waals surface area contributed by atoms with Gasteiger partial charge in [-0.05, 0) is 64.2 Å². The first-order chi connectivity index (χ1) is 13.4. The number of halogens is 2. The summed E-state index contributed by atoms with van der Waals surface area (Å²) in [5.41, 5.74) is 0. The van der Waals surface area contributed by atoms with E-state index in [2.05, 4.69) is 24.3 Å². The molecule has 0 aromatic heterocycles. The predicted molar refractivity (Wildman–Crippen MR) is 118 cm³/mol. The summed E-state index contributed by atoms with van der Waals surface area (Å²) >= 11 is 11.3. The lowest BCUT2D eigenvalue weighted by Crippen LogP contribution is -2.06. The van der Waals surface area contributed by atoms with Crippen molar-refractivity contribution in [3.63, 3.8) is 0 Å². The van der Waals surface area contributed by atoms with Crippen LogP contribution >= 0.6 is 23.2 Å². The fourth-order valence-electron chi connectivity index (χ4n) is 2.41. The van der Waals surface area contributed by atoms with Crippen molar-refractivity contribution in [1.29, 1.82) is 0 Å². The third-order valence-electron chi connectivity index (χ3n) is 3.99. The molecule has 160 valence electrons. The average Bonchev–Trinajstić information content (AvgIpc) is 2.68. The highest BCUT2D eigenvalue weighted by Crippen LogP contribution is 2.04. The monoisotopic (exact) mass is 422 g/mol. The summed E-state index contributed by atoms with van der Waals surface area (Å²) in [6.45, 7) is 2.08. The molecule has 0 rings (SSSR count). The van der Waals surface area contributed by atoms with Gasteiger partial charge < -0.3 is 14.2 Å². The Kier molecular flexibility index (Phi) is 25.9. The zero-order valence-electron chi connectivity index (χ0n) is 17.0. The summed E-state index contributed by atoms with van der Waals surface area (Å²) in [5.74, 6) is 1.56. The van der Waals surface area contributed by atoms with Gasteiger partial charge in [0.05, 0.1) is 0 Å². The van der Waals surface area contributed by atoms with E-state index >= 15 is 0 Å². The van der Waals surface area contributed by atoms with E-state index in [0.717, 1.165) is 76.3 Å². The van der Waals surface area contributed by atoms with E-state index in [-0.39, 0.29) is 0 Å². The first kappa shape index (κ1) is 26.9. The van der Waals surface area contributed by atoms with Crippen LogP contribution in [0.1, 0.15) is 77.0 Å². The predicted octanol–water partition coefficient (Wildman–Crippen LogP) is 7.22. The first-order valence-corrected chi connectivity index (χ1v) is 11.6. The van der Waals surface area contributed by atoms with Crippen molar-refractivity contribution < 1.29 is 14.2 Å². The van der Waals surface area contributed by atoms with Gasteiger partial charge in [-0.25, -0.2) is 0 Å². The van der Waals surface area contributed by atoms with Crippen molar-refractivity contribution in [3.8, 4) is 0 Å². The molecule has 0 saturated heterocycles. The van der Waals surface area contributed by atoms with Gasteiger partial charge in [-0.3, -0.25) is 0 Å². The molecule has 0 bridgehead atoms. The molecule has 0 saturated carbocycles. The molecule has 0 aliphatic heterocycles. The molecule has 0 fully saturated rings. The second-order valence-electron chi connectivity index (χ2n) is 6.56. The Labute approximate surface area is 177 Å². The molecule has 0 aliphatic rings. The molecule has 0 unspecified atom stereocenters. The highest BCUT2D eigenvalue weighted by molar-refractivity contribution is 6.18. The third-order valence-corrected chi connectivity index (χ3v) is 4.53. The third kappa shape index (κ3) is 25.9. The number of ether oxygens (including phenoxy) is 3. The Bertz CT molecular complexity index is 293. The zero-order chi connectivity index (χ0) is 19.7. The number of allylic oxidation sites excluding steroid dienone is 4. The molecule has 0 spiro atoms. The van der Waals surface area contributed by atoms with Gasteiger partial charge in [0.25, 0.3) is 0 Å². The van der Waals surface area contributed by atoms with Gasteiger partial charge in [0.2, 0.25) is 0 Å². The highest BCUT2D eigenvalue weighted by atomic mass is 35.5. The van der Waals surface area contributed by atoms with Crippen LogP contribution in [0, 0.1) is 0 Å². The maximum absolute atomic E-state index is 5.64. The van der Waals surface area contributed by atoms with Gasteiger partial charge >= 0.3 is 0 Å². The fraction of sp³-hybridized carbons (Fsp3) is 0.818. The molecular formula is C22H40Cl2O3. The van der Waals surface area contributed by atoms with Crippen LogP contribution in [0.5, 0.6) is 0 Å². The average molecular weight is 423 g/mol. The van der Waals surface area contributed by atoms with Crippen LogP contribution in [0.15, 0.2) is 24.3 Å². The molecule has 0 aliphatic carbocycles. The van der Waals surface area contributed by atoms with Crippen molar-refractivity contribution in [2.45, 2.75) is 77.0 Å². The summed E-state index contributed by atoms with van der Waals surface area (Å²) in [6.07, 6.45) is 22.7. The quantitative estimate of drug-likeness (QED) is 0.0796. The maximum Gasteiger partial charge on any atom is 0.149 e. The zero-order valence-corrected chi connectivity index (χ0v) is 18.5. The minimum absolute atomic E-state index is 0.310. The highest BCUT2D eigenvalue weighted by Gasteiger charge is 1.91. The summed E-state index contributed by atoms with van der Waals surface area (Å²) in [4.78, 5) is 0. The largest absolute Gasteiger partial charge is 0.355 e. The fourth-order valence-corrected chi connectivity index (χ4v) is 2.79. The van der Waals surface area contributed by atoms with Crippen LogP contribution in [0.4, 0.5) is 0 Å². The Morgan fingerprint density at radius 2 is 0.852 bits per heavy atom. The Morgan fingerprint density at radius 3 is 1.26 bits per heavy atom. The number of alkyl halides is 2. The summed E-state index contributed by atoms with van der Waals surface area (Å²) in [5, 5.41) is 0. The van der Waals surface area contributed by atoms with Crippen LogP contribution in [0.3, 0.4) is 0 Å². The van der Waals surface area contributed by atoms with Crippen molar-refractivity contribution in [1.82, 2.24) is 0 Å². The molecule has 0 aromatic rings. The molecule has 0 atom stereocenters. The lowest BCUT2D eigenvalue weighted by atomic mass is 10.2. The smallest absolute Gasteiger partial charge is 0.149 e. The lowest BCUT2D eigenvalue weighted by Gasteiger charge is -2.06. The molecule has 5 heteroatoms. The van der Waals surface area contributed by atoms with E-state index in [1.165, 1.54) is 25.7 Å². The molecule has 3 nitrogen and oxygen atoms in total. The van der Waals surface area contributed by atoms with Crippen molar-refractivity contribution in [2.24, 2.45) is 0 Å². The maximum atomic E-state index is 5.64. The van der Waals surface area contributed by atoms with Crippen molar-refractivity contribution in [2.75, 3.05) is 38.6 Å². The Morgan fingerprint density at radius 1 is 0.444 bits per heavy atom. The molecule has 27 heavy (non-hydrogen) atoms. The first-order valence-electron chi connectivity index (χ1n) is 10.6. The van der Waals surface area contributed by atoms with Gasteiger partial charge in [0.15, 0.2) is 0 Å². The van der Waals surface area contributed by atoms with Crippen LogP contribution < -0.4 is 0 Å². The van der Waals surface area contributed by atoms with Gasteiger partial charge in [-0.15, -0.1) is 23.2 Å². The van der Waals surface area contributed by atoms with E-state index in [0.29, 0.717) is 13.6 Å². The van der Waals surface area contributed by atoms with E-state index in [4.69, 9.17) is 37.4 Å². The number of rotatable bonds is 22. The van der Waals surface area contributed by atoms with Crippen LogP contribution in [0.2, 0.25) is 0 Å². The number of unbranched alkanes of at least 4 members (excludes halogenated alkanes) is 8. The summed E-state index contributed by atoms with van der Waals surface area (Å²) in [7, 11) is 0. The molecule has 0 aromatic carbocycles. The van der Waals surface area contributed by atoms with Crippen molar-refractivity contribution in [3.05, 3.63) is 24.3 Å². The molecule has 0 N–H and O–H groups in total. The van der Waals surface area contributed by atoms with Crippen LogP contribution in [-0.2, 0) is 14.2 Å². The second-order valence-corrected chi connectivity index (χ2v) is 7.32. The van der Waals surface area contributed by atoms with Gasteiger partial charge in [-0.1, -0.05) is 37.1 Å². The van der Waals surface area contributed by atoms with E-state index < -0.39 is 0 Å². The van der Waals surface area contributed by atoms with Gasteiger partial charge in [0.1, 0.15) is 13.6 Å². The molecule has 0 heterocycles. The summed E-state index contributed by atoms with van der Waals surface area (Å²) in [6, 6.07) is 0. The summed E-state index contributed by atoms with van der Waals surface area (Å²) < 4.78 is 16.1. The lowest BCUT2D eigenvalue weighted by molar-refractivity contribution is -0.131.